The standard InChI is InChI=1S/C11H13NO4.Ac/c1-5-6(4-13)12-10-7(14)3-8(16-2)11(15)9(5)10;/h3,12-15H,4H2,1-2H3;. The molecule has 2 aromatic rings. The Morgan fingerprint density at radius 3 is 2.53 bits per heavy atom. The maximum Gasteiger partial charge on any atom is 0.167 e. The Morgan fingerprint density at radius 1 is 1.35 bits per heavy atom. The van der Waals surface area contributed by atoms with Gasteiger partial charge in [0.25, 0.3) is 0 Å². The van der Waals surface area contributed by atoms with Crippen LogP contribution in [-0.2, 0) is 6.61 Å². The Bertz CT molecular complexity index is 550. The summed E-state index contributed by atoms with van der Waals surface area (Å²) in [4.78, 5) is 2.86. The van der Waals surface area contributed by atoms with Gasteiger partial charge >= 0.3 is 0 Å². The van der Waals surface area contributed by atoms with E-state index in [0.29, 0.717) is 22.2 Å². The summed E-state index contributed by atoms with van der Waals surface area (Å²) in [6.07, 6.45) is 0. The number of methoxy groups -OCH3 is 1. The third-order valence-corrected chi connectivity index (χ3v) is 2.73. The largest absolute Gasteiger partial charge is 0.506 e. The second kappa shape index (κ2) is 5.47. The van der Waals surface area contributed by atoms with E-state index in [1.807, 2.05) is 0 Å². The molecule has 0 fully saturated rings. The Hall–Kier alpha value is -0.438. The van der Waals surface area contributed by atoms with E-state index in [9.17, 15) is 10.2 Å². The van der Waals surface area contributed by atoms with E-state index in [0.717, 1.165) is 0 Å². The zero-order valence-corrected chi connectivity index (χ0v) is 14.4. The molecule has 0 saturated heterocycles. The van der Waals surface area contributed by atoms with Gasteiger partial charge in [-0.15, -0.1) is 0 Å². The zero-order valence-electron chi connectivity index (χ0n) is 9.61. The number of aryl methyl sites for hydroxylation is 1. The summed E-state index contributed by atoms with van der Waals surface area (Å²) in [5.74, 6) is 0.146. The molecular weight excluding hydrogens is 437 g/mol. The van der Waals surface area contributed by atoms with Crippen molar-refractivity contribution in [3.8, 4) is 17.2 Å². The summed E-state index contributed by atoms with van der Waals surface area (Å²) in [7, 11) is 1.41. The molecule has 0 aliphatic rings. The number of nitrogens with one attached hydrogen (secondary N) is 1. The Labute approximate surface area is 134 Å². The second-order valence-corrected chi connectivity index (χ2v) is 3.58. The average Bonchev–Trinajstić information content (AvgIpc) is 2.61. The first-order valence-corrected chi connectivity index (χ1v) is 4.81. The molecular formula is C11H13AcNO4. The fraction of sp³-hybridized carbons (Fsp3) is 0.273. The van der Waals surface area contributed by atoms with Crippen LogP contribution in [-0.4, -0.2) is 27.4 Å². The van der Waals surface area contributed by atoms with Gasteiger partial charge in [-0.1, -0.05) is 0 Å². The molecule has 89 valence electrons. The number of aromatic nitrogens is 1. The van der Waals surface area contributed by atoms with E-state index in [-0.39, 0.29) is 67.9 Å². The smallest absolute Gasteiger partial charge is 0.167 e. The normalized spacial score (nSPS) is 10.3. The summed E-state index contributed by atoms with van der Waals surface area (Å²) < 4.78 is 4.95. The molecule has 6 heteroatoms. The van der Waals surface area contributed by atoms with E-state index >= 15 is 0 Å². The molecule has 17 heavy (non-hydrogen) atoms. The minimum Gasteiger partial charge on any atom is -0.506 e. The molecule has 0 atom stereocenters. The van der Waals surface area contributed by atoms with E-state index in [2.05, 4.69) is 4.98 Å². The number of phenols is 2. The SMILES string of the molecule is COc1cc(O)c2[nH]c(CO)c(C)c2c1O.[Ac]. The van der Waals surface area contributed by atoms with Gasteiger partial charge in [-0.2, -0.15) is 0 Å². The van der Waals surface area contributed by atoms with Crippen LogP contribution in [0, 0.1) is 51.0 Å². The Balaban J connectivity index is 0.00000144. The van der Waals surface area contributed by atoms with E-state index in [1.54, 1.807) is 6.92 Å². The molecule has 0 aliphatic heterocycles. The molecule has 1 aromatic carbocycles. The number of aliphatic hydroxyl groups excluding tert-OH is 1. The molecule has 0 bridgehead atoms. The van der Waals surface area contributed by atoms with Crippen molar-refractivity contribution in [2.45, 2.75) is 13.5 Å². The van der Waals surface area contributed by atoms with Crippen LogP contribution in [0.3, 0.4) is 0 Å². The second-order valence-electron chi connectivity index (χ2n) is 3.58. The van der Waals surface area contributed by atoms with Crippen molar-refractivity contribution in [2.75, 3.05) is 7.11 Å². The van der Waals surface area contributed by atoms with Crippen molar-refractivity contribution in [2.24, 2.45) is 0 Å². The summed E-state index contributed by atoms with van der Waals surface area (Å²) in [5.41, 5.74) is 1.66. The van der Waals surface area contributed by atoms with E-state index < -0.39 is 0 Å². The molecule has 4 N–H and O–H groups in total. The number of fused-ring (bicyclic) bond motifs is 1. The van der Waals surface area contributed by atoms with Crippen LogP contribution in [0.4, 0.5) is 0 Å². The van der Waals surface area contributed by atoms with Gasteiger partial charge in [0.2, 0.25) is 0 Å². The van der Waals surface area contributed by atoms with Crippen LogP contribution in [0.5, 0.6) is 17.2 Å². The maximum atomic E-state index is 9.93. The summed E-state index contributed by atoms with van der Waals surface area (Å²) >= 11 is 0. The summed E-state index contributed by atoms with van der Waals surface area (Å²) in [6.45, 7) is 1.57. The van der Waals surface area contributed by atoms with Crippen molar-refractivity contribution >= 4 is 10.9 Å². The Kier molecular flexibility index (Phi) is 4.70. The number of benzene rings is 1. The number of aromatic hydroxyl groups is 2. The monoisotopic (exact) mass is 450 g/mol. The van der Waals surface area contributed by atoms with Gasteiger partial charge in [-0.3, -0.25) is 0 Å². The van der Waals surface area contributed by atoms with Crippen molar-refractivity contribution in [3.63, 3.8) is 0 Å². The molecule has 0 saturated carbocycles. The summed E-state index contributed by atoms with van der Waals surface area (Å²) in [5, 5.41) is 29.2. The molecule has 5 nitrogen and oxygen atoms in total. The minimum atomic E-state index is -0.179. The summed E-state index contributed by atoms with van der Waals surface area (Å²) in [6, 6.07) is 1.33. The van der Waals surface area contributed by atoms with Gasteiger partial charge in [0.05, 0.1) is 24.6 Å². The van der Waals surface area contributed by atoms with Crippen LogP contribution in [0.2, 0.25) is 0 Å². The fourth-order valence-electron chi connectivity index (χ4n) is 1.84. The zero-order chi connectivity index (χ0) is 11.9. The van der Waals surface area contributed by atoms with Crippen LogP contribution in [0.15, 0.2) is 6.07 Å². The molecule has 0 spiro atoms. The average molecular weight is 450 g/mol. The van der Waals surface area contributed by atoms with Gasteiger partial charge < -0.3 is 25.0 Å². The number of hydrogen-bond acceptors (Lipinski definition) is 4. The number of phenolic OH excluding ortho intramolecular Hbond substituents is 2. The topological polar surface area (TPSA) is 85.7 Å². The van der Waals surface area contributed by atoms with Crippen molar-refractivity contribution in [1.29, 1.82) is 0 Å². The van der Waals surface area contributed by atoms with Gasteiger partial charge in [0.15, 0.2) is 11.5 Å². The third-order valence-electron chi connectivity index (χ3n) is 2.73. The maximum absolute atomic E-state index is 9.93. The van der Waals surface area contributed by atoms with Crippen LogP contribution in [0.1, 0.15) is 11.3 Å². The predicted molar refractivity (Wildman–Crippen MR) is 58.8 cm³/mol. The minimum absolute atomic E-state index is 0. The van der Waals surface area contributed by atoms with Crippen LogP contribution < -0.4 is 4.74 Å². The Morgan fingerprint density at radius 2 is 2.00 bits per heavy atom. The quantitative estimate of drug-likeness (QED) is 0.522. The molecule has 1 heterocycles. The number of rotatable bonds is 2. The molecule has 0 aliphatic carbocycles. The van der Waals surface area contributed by atoms with Gasteiger partial charge in [-0.25, -0.2) is 0 Å². The van der Waals surface area contributed by atoms with Gasteiger partial charge in [0.1, 0.15) is 5.75 Å². The number of ether oxygens (including phenoxy) is 1. The van der Waals surface area contributed by atoms with Gasteiger partial charge in [0, 0.05) is 55.8 Å². The number of aromatic amines is 1. The van der Waals surface area contributed by atoms with Crippen molar-refractivity contribution < 1.29 is 64.1 Å². The molecule has 2 rings (SSSR count). The first kappa shape index (κ1) is 14.6. The van der Waals surface area contributed by atoms with Crippen molar-refractivity contribution in [1.82, 2.24) is 4.98 Å². The predicted octanol–water partition coefficient (Wildman–Crippen LogP) is 1.39. The third kappa shape index (κ3) is 2.26. The number of hydrogen-bond donors (Lipinski definition) is 4. The fourth-order valence-corrected chi connectivity index (χ4v) is 1.84. The first-order valence-electron chi connectivity index (χ1n) is 4.81. The van der Waals surface area contributed by atoms with Gasteiger partial charge in [-0.05, 0) is 12.5 Å². The molecule has 0 unspecified atom stereocenters. The van der Waals surface area contributed by atoms with Crippen molar-refractivity contribution in [3.05, 3.63) is 17.3 Å². The molecule has 1 radical (unpaired) electrons. The van der Waals surface area contributed by atoms with Crippen LogP contribution >= 0.6 is 0 Å². The van der Waals surface area contributed by atoms with E-state index in [4.69, 9.17) is 9.84 Å². The number of H-pyrrole nitrogens is 1. The molecule has 1 aromatic heterocycles. The number of aliphatic hydroxyl groups is 1. The van der Waals surface area contributed by atoms with E-state index in [1.165, 1.54) is 13.2 Å². The van der Waals surface area contributed by atoms with Crippen LogP contribution in [0.25, 0.3) is 10.9 Å². The first-order chi connectivity index (χ1) is 7.60. The molecule has 0 amide bonds.